The molecular formula is C8H7BN2O2. The molecule has 4 nitrogen and oxygen atoms in total. The van der Waals surface area contributed by atoms with Crippen molar-refractivity contribution in [3.05, 3.63) is 24.0 Å². The predicted octanol–water partition coefficient (Wildman–Crippen LogP) is -0.344. The Bertz CT molecular complexity index is 325. The maximum atomic E-state index is 10.7. The van der Waals surface area contributed by atoms with Gasteiger partial charge in [-0.25, -0.2) is 4.79 Å². The van der Waals surface area contributed by atoms with E-state index >= 15 is 0 Å². The Morgan fingerprint density at radius 3 is 3.00 bits per heavy atom. The van der Waals surface area contributed by atoms with Gasteiger partial charge in [0, 0.05) is 6.20 Å². The molecular weight excluding hydrogens is 167 g/mol. The topological polar surface area (TPSA) is 51.2 Å². The summed E-state index contributed by atoms with van der Waals surface area (Å²) >= 11 is 0. The smallest absolute Gasteiger partial charge is 0.408 e. The van der Waals surface area contributed by atoms with Crippen LogP contribution in [-0.4, -0.2) is 25.5 Å². The Labute approximate surface area is 76.7 Å². The van der Waals surface area contributed by atoms with Crippen LogP contribution in [0.3, 0.4) is 0 Å². The fourth-order valence-corrected chi connectivity index (χ4v) is 1.16. The van der Waals surface area contributed by atoms with E-state index in [4.69, 9.17) is 12.6 Å². The number of aromatic nitrogens is 1. The van der Waals surface area contributed by atoms with Crippen LogP contribution < -0.4 is 10.8 Å². The quantitative estimate of drug-likeness (QED) is 0.592. The molecule has 13 heavy (non-hydrogen) atoms. The van der Waals surface area contributed by atoms with Gasteiger partial charge in [0.1, 0.15) is 7.85 Å². The van der Waals surface area contributed by atoms with Crippen LogP contribution >= 0.6 is 0 Å². The van der Waals surface area contributed by atoms with Gasteiger partial charge in [-0.15, -0.1) is 0 Å². The first kappa shape index (κ1) is 8.10. The minimum Gasteiger partial charge on any atom is -0.438 e. The Morgan fingerprint density at radius 2 is 2.46 bits per heavy atom. The average molecular weight is 174 g/mol. The van der Waals surface area contributed by atoms with E-state index in [0.717, 1.165) is 0 Å². The lowest BCUT2D eigenvalue weighted by Crippen LogP contribution is -2.13. The van der Waals surface area contributed by atoms with Gasteiger partial charge in [-0.05, 0) is 6.07 Å². The van der Waals surface area contributed by atoms with Gasteiger partial charge >= 0.3 is 6.09 Å². The highest BCUT2D eigenvalue weighted by molar-refractivity contribution is 6.32. The molecule has 1 fully saturated rings. The first-order valence-corrected chi connectivity index (χ1v) is 3.91. The standard InChI is InChI=1S/C8H7BN2O2/c9-5-1-2-6(10-3-5)7-4-11-8(12)13-7/h1-3,7H,4H2,(H,11,12). The summed E-state index contributed by atoms with van der Waals surface area (Å²) in [5.74, 6) is 0. The van der Waals surface area contributed by atoms with Crippen LogP contribution in [0.4, 0.5) is 4.79 Å². The number of carbonyl (C=O) groups is 1. The van der Waals surface area contributed by atoms with Crippen molar-refractivity contribution in [2.24, 2.45) is 0 Å². The fraction of sp³-hybridized carbons (Fsp3) is 0.250. The zero-order valence-electron chi connectivity index (χ0n) is 6.86. The largest absolute Gasteiger partial charge is 0.438 e. The number of carbonyl (C=O) groups excluding carboxylic acids is 1. The predicted molar refractivity (Wildman–Crippen MR) is 46.8 cm³/mol. The summed E-state index contributed by atoms with van der Waals surface area (Å²) in [6.07, 6.45) is 0.860. The van der Waals surface area contributed by atoms with Crippen LogP contribution in [0.2, 0.25) is 0 Å². The molecule has 0 aliphatic carbocycles. The van der Waals surface area contributed by atoms with Crippen LogP contribution in [0.5, 0.6) is 0 Å². The molecule has 1 aliphatic heterocycles. The second-order valence-electron chi connectivity index (χ2n) is 2.79. The molecule has 1 atom stereocenters. The number of cyclic esters (lactones) is 1. The lowest BCUT2D eigenvalue weighted by molar-refractivity contribution is 0.139. The molecule has 1 aliphatic rings. The molecule has 64 valence electrons. The zero-order valence-corrected chi connectivity index (χ0v) is 6.86. The Morgan fingerprint density at radius 1 is 1.62 bits per heavy atom. The second kappa shape index (κ2) is 3.09. The number of amides is 1. The van der Waals surface area contributed by atoms with Gasteiger partial charge in [-0.2, -0.15) is 0 Å². The summed E-state index contributed by atoms with van der Waals surface area (Å²) < 4.78 is 4.93. The Hall–Kier alpha value is -1.52. The maximum Gasteiger partial charge on any atom is 0.408 e. The number of ether oxygens (including phenoxy) is 1. The maximum absolute atomic E-state index is 10.7. The summed E-state index contributed by atoms with van der Waals surface area (Å²) in [6, 6.07) is 3.48. The van der Waals surface area contributed by atoms with E-state index in [9.17, 15) is 4.79 Å². The van der Waals surface area contributed by atoms with E-state index < -0.39 is 6.09 Å². The Kier molecular flexibility index (Phi) is 1.92. The van der Waals surface area contributed by atoms with Crippen molar-refractivity contribution in [3.63, 3.8) is 0 Å². The third-order valence-electron chi connectivity index (χ3n) is 1.82. The van der Waals surface area contributed by atoms with Crippen LogP contribution in [0.25, 0.3) is 0 Å². The SMILES string of the molecule is [B]c1ccc(C2CNC(=O)O2)nc1. The van der Waals surface area contributed by atoms with Crippen molar-refractivity contribution in [2.75, 3.05) is 6.54 Å². The van der Waals surface area contributed by atoms with Gasteiger partial charge in [0.05, 0.1) is 12.2 Å². The van der Waals surface area contributed by atoms with Crippen LogP contribution in [-0.2, 0) is 4.74 Å². The second-order valence-corrected chi connectivity index (χ2v) is 2.79. The molecule has 0 bridgehead atoms. The number of alkyl carbamates (subject to hydrolysis) is 1. The Balaban J connectivity index is 2.17. The number of nitrogens with zero attached hydrogens (tertiary/aromatic N) is 1. The first-order chi connectivity index (χ1) is 6.25. The van der Waals surface area contributed by atoms with Crippen molar-refractivity contribution >= 4 is 19.4 Å². The zero-order chi connectivity index (χ0) is 9.26. The van der Waals surface area contributed by atoms with Crippen molar-refractivity contribution < 1.29 is 9.53 Å². The van der Waals surface area contributed by atoms with Gasteiger partial charge in [0.2, 0.25) is 0 Å². The molecule has 1 N–H and O–H groups in total. The lowest BCUT2D eigenvalue weighted by Gasteiger charge is -2.06. The number of nitrogens with one attached hydrogen (secondary N) is 1. The van der Waals surface area contributed by atoms with Crippen LogP contribution in [0.1, 0.15) is 11.8 Å². The van der Waals surface area contributed by atoms with Gasteiger partial charge in [-0.1, -0.05) is 11.5 Å². The number of hydrogen-bond donors (Lipinski definition) is 1. The average Bonchev–Trinajstić information content (AvgIpc) is 2.53. The fourth-order valence-electron chi connectivity index (χ4n) is 1.16. The van der Waals surface area contributed by atoms with E-state index in [-0.39, 0.29) is 6.10 Å². The summed E-state index contributed by atoms with van der Waals surface area (Å²) in [5, 5.41) is 2.55. The van der Waals surface area contributed by atoms with E-state index in [0.29, 0.717) is 17.7 Å². The first-order valence-electron chi connectivity index (χ1n) is 3.91. The summed E-state index contributed by atoms with van der Waals surface area (Å²) in [5.41, 5.74) is 1.31. The number of pyridine rings is 1. The monoisotopic (exact) mass is 174 g/mol. The van der Waals surface area contributed by atoms with Crippen molar-refractivity contribution in [1.29, 1.82) is 0 Å². The molecule has 2 radical (unpaired) electrons. The summed E-state index contributed by atoms with van der Waals surface area (Å²) in [6.45, 7) is 0.468. The third-order valence-corrected chi connectivity index (χ3v) is 1.82. The van der Waals surface area contributed by atoms with Crippen LogP contribution in [0.15, 0.2) is 18.3 Å². The van der Waals surface area contributed by atoms with E-state index in [1.165, 1.54) is 0 Å². The molecule has 2 heterocycles. The number of hydrogen-bond acceptors (Lipinski definition) is 3. The molecule has 5 heteroatoms. The van der Waals surface area contributed by atoms with E-state index in [1.54, 1.807) is 18.3 Å². The molecule has 2 rings (SSSR count). The van der Waals surface area contributed by atoms with Gasteiger partial charge in [-0.3, -0.25) is 4.98 Å². The molecule has 0 aromatic carbocycles. The van der Waals surface area contributed by atoms with E-state index in [2.05, 4.69) is 10.3 Å². The number of rotatable bonds is 1. The highest BCUT2D eigenvalue weighted by Crippen LogP contribution is 2.17. The molecule has 0 saturated carbocycles. The van der Waals surface area contributed by atoms with Crippen molar-refractivity contribution in [3.8, 4) is 0 Å². The highest BCUT2D eigenvalue weighted by atomic mass is 16.6. The highest BCUT2D eigenvalue weighted by Gasteiger charge is 2.24. The van der Waals surface area contributed by atoms with Gasteiger partial charge in [0.25, 0.3) is 0 Å². The normalized spacial score (nSPS) is 20.9. The molecule has 0 spiro atoms. The van der Waals surface area contributed by atoms with Crippen LogP contribution in [0, 0.1) is 0 Å². The molecule has 1 unspecified atom stereocenters. The minimum atomic E-state index is -0.399. The molecule has 1 aromatic heterocycles. The van der Waals surface area contributed by atoms with Gasteiger partial charge in [0.15, 0.2) is 6.10 Å². The molecule has 1 saturated heterocycles. The van der Waals surface area contributed by atoms with Crippen molar-refractivity contribution in [1.82, 2.24) is 10.3 Å². The lowest BCUT2D eigenvalue weighted by atomic mass is 9.98. The summed E-state index contributed by atoms with van der Waals surface area (Å²) in [4.78, 5) is 14.8. The van der Waals surface area contributed by atoms with Crippen molar-refractivity contribution in [2.45, 2.75) is 6.10 Å². The van der Waals surface area contributed by atoms with E-state index in [1.807, 2.05) is 0 Å². The molecule has 1 amide bonds. The third kappa shape index (κ3) is 1.64. The minimum absolute atomic E-state index is 0.284. The van der Waals surface area contributed by atoms with Gasteiger partial charge < -0.3 is 10.1 Å². The molecule has 1 aromatic rings. The summed E-state index contributed by atoms with van der Waals surface area (Å²) in [7, 11) is 5.47.